The van der Waals surface area contributed by atoms with E-state index >= 15 is 0 Å². The molecule has 1 saturated heterocycles. The van der Waals surface area contributed by atoms with Crippen LogP contribution < -0.4 is 20.3 Å². The van der Waals surface area contributed by atoms with Crippen LogP contribution in [0.1, 0.15) is 72.9 Å². The molecular weight excluding hydrogens is 510 g/mol. The van der Waals surface area contributed by atoms with Crippen molar-refractivity contribution in [2.45, 2.75) is 64.1 Å². The number of nitrogens with zero attached hydrogens (tertiary/aromatic N) is 3. The third-order valence-corrected chi connectivity index (χ3v) is 8.21. The summed E-state index contributed by atoms with van der Waals surface area (Å²) in [5.41, 5.74) is 6.11. The van der Waals surface area contributed by atoms with Gasteiger partial charge in [-0.15, -0.1) is 0 Å². The summed E-state index contributed by atoms with van der Waals surface area (Å²) < 4.78 is 13.1. The van der Waals surface area contributed by atoms with Gasteiger partial charge in [-0.05, 0) is 80.9 Å². The van der Waals surface area contributed by atoms with Crippen LogP contribution in [0, 0.1) is 13.8 Å². The number of carbonyl (C=O) groups excluding carboxylic acids is 1. The third kappa shape index (κ3) is 5.38. The van der Waals surface area contributed by atoms with Crippen LogP contribution in [0.25, 0.3) is 0 Å². The fourth-order valence-electron chi connectivity index (χ4n) is 6.21. The number of rotatable bonds is 8. The minimum atomic E-state index is -0.256. The first-order valence-electron chi connectivity index (χ1n) is 13.6. The molecule has 0 bridgehead atoms. The van der Waals surface area contributed by atoms with Gasteiger partial charge in [0, 0.05) is 36.4 Å². The highest BCUT2D eigenvalue weighted by molar-refractivity contribution is 7.80. The first-order valence-corrected chi connectivity index (χ1v) is 14.0. The van der Waals surface area contributed by atoms with Crippen molar-refractivity contribution in [2.24, 2.45) is 0 Å². The number of carbonyl (C=O) groups is 1. The monoisotopic (exact) mass is 547 g/mol. The van der Waals surface area contributed by atoms with Crippen molar-refractivity contribution in [3.63, 3.8) is 0 Å². The summed E-state index contributed by atoms with van der Waals surface area (Å²) in [6, 6.07) is 14.3. The molecule has 1 aliphatic heterocycles. The largest absolute Gasteiger partial charge is 0.495 e. The lowest BCUT2D eigenvalue weighted by molar-refractivity contribution is -0.119. The number of aromatic nitrogens is 2. The molecule has 206 valence electrons. The van der Waals surface area contributed by atoms with Gasteiger partial charge < -0.3 is 29.6 Å². The van der Waals surface area contributed by atoms with Crippen LogP contribution in [0.5, 0.6) is 5.75 Å². The first kappa shape index (κ1) is 27.1. The van der Waals surface area contributed by atoms with Gasteiger partial charge in [0.05, 0.1) is 30.6 Å². The third-order valence-electron chi connectivity index (χ3n) is 7.89. The van der Waals surface area contributed by atoms with Gasteiger partial charge in [-0.2, -0.15) is 0 Å². The second kappa shape index (κ2) is 11.8. The lowest BCUT2D eigenvalue weighted by Gasteiger charge is -2.30. The molecule has 1 amide bonds. The maximum absolute atomic E-state index is 12.4. The Morgan fingerprint density at radius 3 is 2.62 bits per heavy atom. The maximum Gasteiger partial charge on any atom is 0.250 e. The molecular formula is C30H37N5O3S. The quantitative estimate of drug-likeness (QED) is 0.346. The standard InChI is InChI=1S/C30H37N5O3S/c1-19-16-23(20(2)34(19)21-10-6-5-7-11-21)29-28(24-12-8-9-15-31-24)33-30(39)35(29)22-13-14-26(38-4)25(17-22)32-27(36)18-37-3/h8-9,12-17,21,28-29H,5-7,10-11,18H2,1-4H3,(H,32,36)(H,33,39). The van der Waals surface area contributed by atoms with E-state index in [-0.39, 0.29) is 24.6 Å². The summed E-state index contributed by atoms with van der Waals surface area (Å²) in [5.74, 6) is 0.309. The van der Waals surface area contributed by atoms with Crippen LogP contribution >= 0.6 is 12.2 Å². The summed E-state index contributed by atoms with van der Waals surface area (Å²) in [5, 5.41) is 7.08. The van der Waals surface area contributed by atoms with Crippen LogP contribution in [0.15, 0.2) is 48.7 Å². The van der Waals surface area contributed by atoms with Gasteiger partial charge in [-0.3, -0.25) is 9.78 Å². The van der Waals surface area contributed by atoms with Crippen molar-refractivity contribution in [1.29, 1.82) is 0 Å². The Morgan fingerprint density at radius 2 is 1.92 bits per heavy atom. The smallest absolute Gasteiger partial charge is 0.250 e. The second-order valence-electron chi connectivity index (χ2n) is 10.4. The molecule has 2 fully saturated rings. The molecule has 2 atom stereocenters. The Morgan fingerprint density at radius 1 is 1.13 bits per heavy atom. The van der Waals surface area contributed by atoms with Crippen LogP contribution in [0.4, 0.5) is 11.4 Å². The topological polar surface area (TPSA) is 80.7 Å². The zero-order valence-electron chi connectivity index (χ0n) is 23.1. The van der Waals surface area contributed by atoms with E-state index in [1.165, 1.54) is 56.2 Å². The van der Waals surface area contributed by atoms with Crippen LogP contribution in [-0.2, 0) is 9.53 Å². The van der Waals surface area contributed by atoms with Crippen molar-refractivity contribution in [3.8, 4) is 5.75 Å². The zero-order chi connectivity index (χ0) is 27.5. The molecule has 0 radical (unpaired) electrons. The second-order valence-corrected chi connectivity index (χ2v) is 10.7. The van der Waals surface area contributed by atoms with E-state index in [0.29, 0.717) is 22.6 Å². The van der Waals surface area contributed by atoms with Gasteiger partial charge >= 0.3 is 0 Å². The number of pyridine rings is 1. The molecule has 5 rings (SSSR count). The lowest BCUT2D eigenvalue weighted by Crippen LogP contribution is -2.30. The van der Waals surface area contributed by atoms with E-state index in [2.05, 4.69) is 40.0 Å². The Hall–Kier alpha value is -3.43. The highest BCUT2D eigenvalue weighted by Gasteiger charge is 2.42. The molecule has 2 aromatic heterocycles. The van der Waals surface area contributed by atoms with Crippen molar-refractivity contribution in [2.75, 3.05) is 31.0 Å². The molecule has 3 heterocycles. The molecule has 1 aliphatic carbocycles. The van der Waals surface area contributed by atoms with E-state index in [0.717, 1.165) is 11.4 Å². The van der Waals surface area contributed by atoms with Gasteiger partial charge in [0.15, 0.2) is 5.11 Å². The number of aryl methyl sites for hydroxylation is 1. The molecule has 2 aliphatic rings. The van der Waals surface area contributed by atoms with Gasteiger partial charge in [0.1, 0.15) is 12.4 Å². The van der Waals surface area contributed by atoms with Crippen molar-refractivity contribution in [1.82, 2.24) is 14.9 Å². The average Bonchev–Trinajstić information content (AvgIpc) is 3.44. The molecule has 9 heteroatoms. The lowest BCUT2D eigenvalue weighted by atomic mass is 9.94. The number of amides is 1. The minimum absolute atomic E-state index is 0.0470. The summed E-state index contributed by atoms with van der Waals surface area (Å²) in [4.78, 5) is 19.2. The van der Waals surface area contributed by atoms with Gasteiger partial charge in [0.2, 0.25) is 5.91 Å². The fraction of sp³-hybridized carbons (Fsp3) is 0.433. The number of ether oxygens (including phenoxy) is 2. The van der Waals surface area contributed by atoms with Crippen molar-refractivity contribution >= 4 is 34.6 Å². The van der Waals surface area contributed by atoms with Crippen LogP contribution in [-0.4, -0.2) is 41.4 Å². The fourth-order valence-corrected chi connectivity index (χ4v) is 6.56. The highest BCUT2D eigenvalue weighted by atomic mass is 32.1. The minimum Gasteiger partial charge on any atom is -0.495 e. The van der Waals surface area contributed by atoms with Crippen LogP contribution in [0.2, 0.25) is 0 Å². The first-order chi connectivity index (χ1) is 18.9. The van der Waals surface area contributed by atoms with E-state index < -0.39 is 0 Å². The number of benzene rings is 1. The maximum atomic E-state index is 12.4. The summed E-state index contributed by atoms with van der Waals surface area (Å²) >= 11 is 5.96. The predicted octanol–water partition coefficient (Wildman–Crippen LogP) is 5.78. The number of thiocarbonyl (C=S) groups is 1. The highest BCUT2D eigenvalue weighted by Crippen LogP contribution is 2.45. The van der Waals surface area contributed by atoms with Crippen molar-refractivity contribution < 1.29 is 14.3 Å². The molecule has 3 aromatic rings. The number of hydrogen-bond donors (Lipinski definition) is 2. The van der Waals surface area contributed by atoms with Crippen LogP contribution in [0.3, 0.4) is 0 Å². The van der Waals surface area contributed by atoms with Gasteiger partial charge in [-0.25, -0.2) is 0 Å². The number of hydrogen-bond acceptors (Lipinski definition) is 5. The van der Waals surface area contributed by atoms with E-state index in [4.69, 9.17) is 26.7 Å². The SMILES string of the molecule is COCC(=O)Nc1cc(N2C(=S)NC(c3ccccn3)C2c2cc(C)n(C3CCCCC3)c2C)ccc1OC. The Labute approximate surface area is 235 Å². The Kier molecular flexibility index (Phi) is 8.18. The van der Waals surface area contributed by atoms with Crippen molar-refractivity contribution in [3.05, 3.63) is 71.3 Å². The normalized spacial score (nSPS) is 19.7. The Bertz CT molecular complexity index is 1340. The van der Waals surface area contributed by atoms with E-state index in [1.807, 2.05) is 42.6 Å². The summed E-state index contributed by atoms with van der Waals surface area (Å²) in [7, 11) is 3.08. The molecule has 2 N–H and O–H groups in total. The molecule has 2 unspecified atom stereocenters. The summed E-state index contributed by atoms with van der Waals surface area (Å²) in [6.45, 7) is 4.40. The van der Waals surface area contributed by atoms with Gasteiger partial charge in [-0.1, -0.05) is 25.3 Å². The molecule has 0 spiro atoms. The number of methoxy groups -OCH3 is 2. The molecule has 8 nitrogen and oxygen atoms in total. The number of nitrogens with one attached hydrogen (secondary N) is 2. The summed E-state index contributed by atoms with van der Waals surface area (Å²) in [6.07, 6.45) is 8.12. The van der Waals surface area contributed by atoms with E-state index in [9.17, 15) is 4.79 Å². The average molecular weight is 548 g/mol. The Balaban J connectivity index is 1.61. The molecule has 39 heavy (non-hydrogen) atoms. The van der Waals surface area contributed by atoms with E-state index in [1.54, 1.807) is 7.11 Å². The zero-order valence-corrected chi connectivity index (χ0v) is 23.9. The predicted molar refractivity (Wildman–Crippen MR) is 157 cm³/mol. The molecule has 1 aromatic carbocycles. The van der Waals surface area contributed by atoms with Gasteiger partial charge in [0.25, 0.3) is 0 Å². The molecule has 1 saturated carbocycles. The number of anilines is 2.